The average Bonchev–Trinajstić information content (AvgIpc) is 3.60. The quantitative estimate of drug-likeness (QED) is 0.541. The Morgan fingerprint density at radius 1 is 1.24 bits per heavy atom. The molecule has 7 nitrogen and oxygen atoms in total. The molecule has 0 radical (unpaired) electrons. The van der Waals surface area contributed by atoms with Crippen LogP contribution >= 0.6 is 0 Å². The summed E-state index contributed by atoms with van der Waals surface area (Å²) < 4.78 is 28.8. The third kappa shape index (κ3) is 4.12. The van der Waals surface area contributed by atoms with Crippen LogP contribution in [0.5, 0.6) is 0 Å². The molecule has 3 aromatic rings. The van der Waals surface area contributed by atoms with Crippen molar-refractivity contribution >= 4 is 17.0 Å². The lowest BCUT2D eigenvalue weighted by atomic mass is 9.99. The number of nitriles is 1. The second-order valence-electron chi connectivity index (χ2n) is 9.42. The van der Waals surface area contributed by atoms with E-state index < -0.39 is 35.2 Å². The van der Waals surface area contributed by atoms with Gasteiger partial charge in [0.05, 0.1) is 34.3 Å². The molecule has 176 valence electrons. The molecule has 34 heavy (non-hydrogen) atoms. The molecule has 2 aromatic carbocycles. The summed E-state index contributed by atoms with van der Waals surface area (Å²) >= 11 is 0. The van der Waals surface area contributed by atoms with E-state index in [1.54, 1.807) is 39.0 Å². The topological polar surface area (TPSA) is 99.2 Å². The fraction of sp³-hybridized carbons (Fsp3) is 0.360. The number of alkyl halides is 2. The van der Waals surface area contributed by atoms with Crippen molar-refractivity contribution in [1.29, 1.82) is 5.26 Å². The maximum absolute atomic E-state index is 13.8. The number of nitrogens with zero attached hydrogens (tertiary/aromatic N) is 4. The average molecular weight is 466 g/mol. The van der Waals surface area contributed by atoms with E-state index in [4.69, 9.17) is 0 Å². The Balaban J connectivity index is 2.13. The lowest BCUT2D eigenvalue weighted by molar-refractivity contribution is 0.0582. The van der Waals surface area contributed by atoms with Crippen LogP contribution in [0.3, 0.4) is 0 Å². The molecule has 1 N–H and O–H groups in total. The van der Waals surface area contributed by atoms with Crippen molar-refractivity contribution in [1.82, 2.24) is 14.5 Å². The van der Waals surface area contributed by atoms with Gasteiger partial charge in [0, 0.05) is 11.1 Å². The van der Waals surface area contributed by atoms with Gasteiger partial charge in [-0.15, -0.1) is 0 Å². The van der Waals surface area contributed by atoms with Gasteiger partial charge < -0.3 is 5.11 Å². The van der Waals surface area contributed by atoms with Crippen LogP contribution in [-0.2, 0) is 0 Å². The minimum Gasteiger partial charge on any atom is -0.465 e. The predicted octanol–water partition coefficient (Wildman–Crippen LogP) is 5.42. The molecule has 0 aliphatic heterocycles. The second kappa shape index (κ2) is 8.52. The van der Waals surface area contributed by atoms with Crippen molar-refractivity contribution in [2.45, 2.75) is 51.6 Å². The number of carboxylic acid groups (broad SMARTS) is 1. The fourth-order valence-electron chi connectivity index (χ4n) is 4.39. The van der Waals surface area contributed by atoms with Crippen LogP contribution in [-0.4, -0.2) is 31.2 Å². The van der Waals surface area contributed by atoms with Gasteiger partial charge in [-0.25, -0.2) is 18.6 Å². The third-order valence-corrected chi connectivity index (χ3v) is 5.96. The highest BCUT2D eigenvalue weighted by molar-refractivity contribution is 5.82. The molecule has 1 aromatic heterocycles. The molecule has 0 bridgehead atoms. The first-order valence-corrected chi connectivity index (χ1v) is 10.9. The molecule has 1 amide bonds. The summed E-state index contributed by atoms with van der Waals surface area (Å²) in [6.45, 7) is 5.27. The van der Waals surface area contributed by atoms with E-state index in [9.17, 15) is 28.7 Å². The van der Waals surface area contributed by atoms with Crippen LogP contribution in [0.4, 0.5) is 13.6 Å². The summed E-state index contributed by atoms with van der Waals surface area (Å²) in [6, 6.07) is 11.5. The zero-order chi connectivity index (χ0) is 24.8. The van der Waals surface area contributed by atoms with Crippen molar-refractivity contribution in [3.63, 3.8) is 0 Å². The summed E-state index contributed by atoms with van der Waals surface area (Å²) in [5.74, 6) is 0.0715. The Bertz CT molecular complexity index is 1370. The minimum absolute atomic E-state index is 0.0791. The van der Waals surface area contributed by atoms with Crippen LogP contribution in [0, 0.1) is 17.2 Å². The number of halogens is 2. The molecule has 1 saturated carbocycles. The first-order chi connectivity index (χ1) is 16.0. The molecule has 4 rings (SSSR count). The molecule has 9 heteroatoms. The largest absolute Gasteiger partial charge is 0.465 e. The lowest BCUT2D eigenvalue weighted by Gasteiger charge is -2.40. The van der Waals surface area contributed by atoms with Crippen LogP contribution in [0.25, 0.3) is 16.6 Å². The van der Waals surface area contributed by atoms with E-state index >= 15 is 0 Å². The lowest BCUT2D eigenvalue weighted by Crippen LogP contribution is -2.49. The monoisotopic (exact) mass is 466 g/mol. The zero-order valence-electron chi connectivity index (χ0n) is 19.0. The zero-order valence-corrected chi connectivity index (χ0v) is 19.0. The number of hydrogen-bond donors (Lipinski definition) is 1. The van der Waals surface area contributed by atoms with E-state index in [2.05, 4.69) is 4.98 Å². The second-order valence-corrected chi connectivity index (χ2v) is 9.42. The molecule has 1 unspecified atom stereocenters. The Morgan fingerprint density at radius 2 is 1.91 bits per heavy atom. The fourth-order valence-corrected chi connectivity index (χ4v) is 4.39. The van der Waals surface area contributed by atoms with E-state index in [0.717, 1.165) is 12.8 Å². The number of rotatable bonds is 5. The van der Waals surface area contributed by atoms with Gasteiger partial charge in [0.2, 0.25) is 0 Å². The summed E-state index contributed by atoms with van der Waals surface area (Å²) in [7, 11) is 0. The maximum Gasteiger partial charge on any atom is 0.408 e. The highest BCUT2D eigenvalue weighted by Gasteiger charge is 2.45. The molecule has 1 atom stereocenters. The Kier molecular flexibility index (Phi) is 5.86. The first-order valence-electron chi connectivity index (χ1n) is 10.9. The van der Waals surface area contributed by atoms with Gasteiger partial charge in [0.1, 0.15) is 5.82 Å². The molecule has 1 aliphatic carbocycles. The van der Waals surface area contributed by atoms with Crippen LogP contribution in [0.1, 0.15) is 63.0 Å². The highest BCUT2D eigenvalue weighted by Crippen LogP contribution is 2.46. The number of aromatic nitrogens is 2. The van der Waals surface area contributed by atoms with Gasteiger partial charge in [-0.2, -0.15) is 5.26 Å². The molecular formula is C25H24F2N4O3. The Labute approximate surface area is 194 Å². The van der Waals surface area contributed by atoms with E-state index in [1.165, 1.54) is 33.7 Å². The summed E-state index contributed by atoms with van der Waals surface area (Å²) in [5.41, 5.74) is -1.38. The first kappa shape index (κ1) is 23.4. The number of fused-ring (bicyclic) bond motifs is 1. The smallest absolute Gasteiger partial charge is 0.408 e. The van der Waals surface area contributed by atoms with Gasteiger partial charge in [-0.1, -0.05) is 18.2 Å². The SMILES string of the molecule is CC(C)(C)N(C(=O)O)C(c1nc2cccc(C(F)F)c2c(=O)n1-c1cccc(C#N)c1)C1CC1. The highest BCUT2D eigenvalue weighted by atomic mass is 19.3. The minimum atomic E-state index is -2.90. The van der Waals surface area contributed by atoms with Crippen LogP contribution in [0.2, 0.25) is 0 Å². The molecule has 1 fully saturated rings. The molecule has 0 spiro atoms. The van der Waals surface area contributed by atoms with E-state index in [1.807, 2.05) is 6.07 Å². The molecule has 0 saturated heterocycles. The van der Waals surface area contributed by atoms with Crippen molar-refractivity contribution in [2.75, 3.05) is 0 Å². The van der Waals surface area contributed by atoms with E-state index in [-0.39, 0.29) is 33.9 Å². The van der Waals surface area contributed by atoms with Gasteiger partial charge in [-0.3, -0.25) is 14.3 Å². The van der Waals surface area contributed by atoms with Gasteiger partial charge in [0.25, 0.3) is 12.0 Å². The Hall–Kier alpha value is -3.80. The molecular weight excluding hydrogens is 442 g/mol. The number of hydrogen-bond acceptors (Lipinski definition) is 4. The van der Waals surface area contributed by atoms with Crippen LogP contribution < -0.4 is 5.56 Å². The van der Waals surface area contributed by atoms with Crippen molar-refractivity contribution in [3.8, 4) is 11.8 Å². The van der Waals surface area contributed by atoms with Crippen LogP contribution in [0.15, 0.2) is 47.3 Å². The van der Waals surface area contributed by atoms with E-state index in [0.29, 0.717) is 0 Å². The third-order valence-electron chi connectivity index (χ3n) is 5.96. The predicted molar refractivity (Wildman–Crippen MR) is 122 cm³/mol. The van der Waals surface area contributed by atoms with Gasteiger partial charge in [0.15, 0.2) is 0 Å². The molecule has 1 heterocycles. The summed E-state index contributed by atoms with van der Waals surface area (Å²) in [4.78, 5) is 32.1. The van der Waals surface area contributed by atoms with Gasteiger partial charge >= 0.3 is 6.09 Å². The maximum atomic E-state index is 13.8. The van der Waals surface area contributed by atoms with Crippen molar-refractivity contribution in [3.05, 3.63) is 69.8 Å². The standard InChI is InChI=1S/C25H24F2N4O3/c1-25(2,3)31(24(33)34)20(15-10-11-15)22-29-18-9-5-8-17(21(26)27)19(18)23(32)30(22)16-7-4-6-14(12-16)13-28/h4-9,12,15,20-21H,10-11H2,1-3H3,(H,33,34). The number of carbonyl (C=O) groups is 1. The summed E-state index contributed by atoms with van der Waals surface area (Å²) in [5, 5.41) is 19.3. The number of benzene rings is 2. The van der Waals surface area contributed by atoms with Gasteiger partial charge in [-0.05, 0) is 63.8 Å². The Morgan fingerprint density at radius 3 is 2.47 bits per heavy atom. The number of amides is 1. The van der Waals surface area contributed by atoms with Crippen molar-refractivity contribution in [2.24, 2.45) is 5.92 Å². The van der Waals surface area contributed by atoms with Crippen molar-refractivity contribution < 1.29 is 18.7 Å². The molecule has 1 aliphatic rings. The summed E-state index contributed by atoms with van der Waals surface area (Å²) in [6.07, 6.45) is -2.58. The normalized spacial score (nSPS) is 14.7.